The summed E-state index contributed by atoms with van der Waals surface area (Å²) < 4.78 is 6.49. The predicted octanol–water partition coefficient (Wildman–Crippen LogP) is 2.75. The van der Waals surface area contributed by atoms with Gasteiger partial charge in [-0.1, -0.05) is 0 Å². The highest BCUT2D eigenvalue weighted by molar-refractivity contribution is 5.50. The topological polar surface area (TPSA) is 35.2 Å². The highest BCUT2D eigenvalue weighted by atomic mass is 16.5. The summed E-state index contributed by atoms with van der Waals surface area (Å²) in [5.74, 6) is 0.909. The van der Waals surface area contributed by atoms with Crippen LogP contribution in [0.2, 0.25) is 0 Å². The Morgan fingerprint density at radius 1 is 1.26 bits per heavy atom. The molecule has 3 rings (SSSR count). The molecule has 2 fully saturated rings. The Bertz CT molecular complexity index is 456. The molecule has 1 aromatic rings. The molecule has 2 aliphatic heterocycles. The predicted molar refractivity (Wildman–Crippen MR) is 77.6 cm³/mol. The van der Waals surface area contributed by atoms with Gasteiger partial charge >= 0.3 is 0 Å². The quantitative estimate of drug-likeness (QED) is 0.670. The monoisotopic (exact) mass is 260 g/mol. The summed E-state index contributed by atoms with van der Waals surface area (Å²) in [6, 6.07) is 7.58. The molecule has 3 heteroatoms. The lowest BCUT2D eigenvalue weighted by Crippen LogP contribution is -2.55. The standard InChI is InChI=1S/C16H24N2O/c1-18(13-4-3-5-14(18)7-6-13)11-12-10-15(19-2)8-9-16(12)17/h3,8-10,13-14H,4-7,11,17H2,1-2H3/q+1. The number of nitrogen functional groups attached to an aromatic ring is 1. The van der Waals surface area contributed by atoms with Crippen LogP contribution in [0, 0.1) is 6.42 Å². The summed E-state index contributed by atoms with van der Waals surface area (Å²) in [6.45, 7) is 1.03. The SMILES string of the molecule is COc1ccc(N)c(C[N+]2(C)C3C[CH]CC2CC3)c1. The molecule has 0 saturated carbocycles. The average Bonchev–Trinajstić information content (AvgIpc) is 2.60. The van der Waals surface area contributed by atoms with Crippen LogP contribution < -0.4 is 10.5 Å². The zero-order chi connectivity index (χ0) is 13.5. The Kier molecular flexibility index (Phi) is 3.17. The highest BCUT2D eigenvalue weighted by Gasteiger charge is 2.48. The van der Waals surface area contributed by atoms with Crippen molar-refractivity contribution in [3.05, 3.63) is 30.2 Å². The van der Waals surface area contributed by atoms with E-state index in [2.05, 4.69) is 19.5 Å². The summed E-state index contributed by atoms with van der Waals surface area (Å²) in [7, 11) is 4.12. The van der Waals surface area contributed by atoms with Gasteiger partial charge in [0.25, 0.3) is 0 Å². The van der Waals surface area contributed by atoms with Crippen LogP contribution in [-0.4, -0.2) is 30.7 Å². The van der Waals surface area contributed by atoms with Gasteiger partial charge in [-0.15, -0.1) is 0 Å². The van der Waals surface area contributed by atoms with E-state index in [-0.39, 0.29) is 0 Å². The summed E-state index contributed by atoms with van der Waals surface area (Å²) in [4.78, 5) is 0. The summed E-state index contributed by atoms with van der Waals surface area (Å²) in [5, 5.41) is 0. The molecule has 0 aliphatic carbocycles. The van der Waals surface area contributed by atoms with Crippen molar-refractivity contribution in [3.63, 3.8) is 0 Å². The Hall–Kier alpha value is -1.22. The van der Waals surface area contributed by atoms with Crippen LogP contribution in [0.1, 0.15) is 31.2 Å². The summed E-state index contributed by atoms with van der Waals surface area (Å²) in [6.07, 6.45) is 7.73. The number of methoxy groups -OCH3 is 1. The molecule has 0 amide bonds. The zero-order valence-corrected chi connectivity index (χ0v) is 11.9. The van der Waals surface area contributed by atoms with Crippen LogP contribution in [0.4, 0.5) is 5.69 Å². The molecule has 103 valence electrons. The van der Waals surface area contributed by atoms with Gasteiger partial charge in [0.2, 0.25) is 0 Å². The smallest absolute Gasteiger partial charge is 0.119 e. The maximum atomic E-state index is 6.16. The van der Waals surface area contributed by atoms with Crippen molar-refractivity contribution in [2.45, 2.75) is 44.3 Å². The van der Waals surface area contributed by atoms with Crippen LogP contribution in [0.25, 0.3) is 0 Å². The average molecular weight is 260 g/mol. The van der Waals surface area contributed by atoms with Crippen molar-refractivity contribution in [1.29, 1.82) is 0 Å². The number of piperidine rings is 1. The first-order chi connectivity index (χ1) is 9.13. The van der Waals surface area contributed by atoms with Gasteiger partial charge in [-0.2, -0.15) is 0 Å². The number of nitrogens with two attached hydrogens (primary N) is 1. The number of benzene rings is 1. The minimum absolute atomic E-state index is 0.782. The fourth-order valence-electron chi connectivity index (χ4n) is 3.94. The number of fused-ring (bicyclic) bond motifs is 2. The first-order valence-corrected chi connectivity index (χ1v) is 7.22. The van der Waals surface area contributed by atoms with E-state index in [1.807, 2.05) is 12.1 Å². The van der Waals surface area contributed by atoms with Crippen molar-refractivity contribution < 1.29 is 9.22 Å². The number of hydrogen-bond donors (Lipinski definition) is 1. The van der Waals surface area contributed by atoms with E-state index in [1.165, 1.54) is 31.2 Å². The van der Waals surface area contributed by atoms with Crippen LogP contribution in [0.3, 0.4) is 0 Å². The Labute approximate surface area is 115 Å². The van der Waals surface area contributed by atoms with Crippen molar-refractivity contribution in [2.75, 3.05) is 19.9 Å². The molecule has 3 nitrogen and oxygen atoms in total. The van der Waals surface area contributed by atoms with E-state index in [4.69, 9.17) is 10.5 Å². The minimum Gasteiger partial charge on any atom is -0.497 e. The molecule has 2 aliphatic rings. The molecule has 1 radical (unpaired) electrons. The molecule has 0 aromatic heterocycles. The fraction of sp³-hybridized carbons (Fsp3) is 0.562. The van der Waals surface area contributed by atoms with Crippen molar-refractivity contribution >= 4 is 5.69 Å². The minimum atomic E-state index is 0.782. The third kappa shape index (κ3) is 2.10. The van der Waals surface area contributed by atoms with E-state index < -0.39 is 0 Å². The lowest BCUT2D eigenvalue weighted by molar-refractivity contribution is -0.958. The normalized spacial score (nSPS) is 33.4. The number of hydrogen-bond acceptors (Lipinski definition) is 2. The van der Waals surface area contributed by atoms with Gasteiger partial charge in [0.1, 0.15) is 12.3 Å². The maximum absolute atomic E-state index is 6.16. The van der Waals surface area contributed by atoms with Crippen LogP contribution >= 0.6 is 0 Å². The third-order valence-corrected chi connectivity index (χ3v) is 5.24. The molecule has 2 heterocycles. The summed E-state index contributed by atoms with van der Waals surface area (Å²) in [5.41, 5.74) is 8.29. The molecular formula is C16H24N2O+. The number of quaternary nitrogens is 1. The van der Waals surface area contributed by atoms with Gasteiger partial charge in [0, 0.05) is 36.9 Å². The van der Waals surface area contributed by atoms with Gasteiger partial charge in [-0.3, -0.25) is 0 Å². The molecule has 0 spiro atoms. The lowest BCUT2D eigenvalue weighted by atomic mass is 9.98. The number of ether oxygens (including phenoxy) is 1. The van der Waals surface area contributed by atoms with Crippen molar-refractivity contribution in [1.82, 2.24) is 0 Å². The molecule has 1 aromatic carbocycles. The van der Waals surface area contributed by atoms with Gasteiger partial charge in [0.15, 0.2) is 0 Å². The molecule has 19 heavy (non-hydrogen) atoms. The van der Waals surface area contributed by atoms with Gasteiger partial charge in [-0.25, -0.2) is 0 Å². The molecule has 2 atom stereocenters. The second kappa shape index (κ2) is 4.71. The molecule has 2 unspecified atom stereocenters. The first-order valence-electron chi connectivity index (χ1n) is 7.22. The molecule has 2 bridgehead atoms. The fourth-order valence-corrected chi connectivity index (χ4v) is 3.94. The second-order valence-corrected chi connectivity index (χ2v) is 6.21. The van der Waals surface area contributed by atoms with E-state index >= 15 is 0 Å². The van der Waals surface area contributed by atoms with Gasteiger partial charge < -0.3 is 15.0 Å². The van der Waals surface area contributed by atoms with E-state index in [1.54, 1.807) is 7.11 Å². The van der Waals surface area contributed by atoms with E-state index in [9.17, 15) is 0 Å². The van der Waals surface area contributed by atoms with Crippen LogP contribution in [-0.2, 0) is 6.54 Å². The second-order valence-electron chi connectivity index (χ2n) is 6.21. The van der Waals surface area contributed by atoms with Crippen molar-refractivity contribution in [3.8, 4) is 5.75 Å². The van der Waals surface area contributed by atoms with Crippen molar-refractivity contribution in [2.24, 2.45) is 0 Å². The molecule has 2 saturated heterocycles. The summed E-state index contributed by atoms with van der Waals surface area (Å²) >= 11 is 0. The first kappa shape index (κ1) is 12.8. The molecular weight excluding hydrogens is 236 g/mol. The Morgan fingerprint density at radius 2 is 1.95 bits per heavy atom. The number of anilines is 1. The maximum Gasteiger partial charge on any atom is 0.119 e. The van der Waals surface area contributed by atoms with Gasteiger partial charge in [0.05, 0.1) is 26.2 Å². The van der Waals surface area contributed by atoms with E-state index in [0.717, 1.165) is 34.5 Å². The Morgan fingerprint density at radius 3 is 2.58 bits per heavy atom. The van der Waals surface area contributed by atoms with E-state index in [0.29, 0.717) is 0 Å². The van der Waals surface area contributed by atoms with Crippen LogP contribution in [0.5, 0.6) is 5.75 Å². The van der Waals surface area contributed by atoms with Crippen LogP contribution in [0.15, 0.2) is 18.2 Å². The zero-order valence-electron chi connectivity index (χ0n) is 11.9. The van der Waals surface area contributed by atoms with Gasteiger partial charge in [-0.05, 0) is 24.6 Å². The lowest BCUT2D eigenvalue weighted by Gasteiger charge is -2.45. The third-order valence-electron chi connectivity index (χ3n) is 5.24. The largest absolute Gasteiger partial charge is 0.497 e. The Balaban J connectivity index is 1.88. The number of rotatable bonds is 3. The number of nitrogens with zero attached hydrogens (tertiary/aromatic N) is 1. The highest BCUT2D eigenvalue weighted by Crippen LogP contribution is 2.42. The molecule has 2 N–H and O–H groups in total.